The van der Waals surface area contributed by atoms with Gasteiger partial charge in [-0.1, -0.05) is 18.2 Å². The zero-order valence-electron chi connectivity index (χ0n) is 9.76. The second-order valence-corrected chi connectivity index (χ2v) is 5.06. The Balaban J connectivity index is 2.27. The molecule has 1 heterocycles. The first-order valence-corrected chi connectivity index (χ1v) is 6.54. The number of carbonyl (C=O) groups is 1. The third kappa shape index (κ3) is 2.00. The number of aromatic carboxylic acids is 1. The molecule has 0 amide bonds. The summed E-state index contributed by atoms with van der Waals surface area (Å²) in [6.45, 7) is 0. The highest BCUT2D eigenvalue weighted by Gasteiger charge is 2.12. The molecule has 0 aliphatic heterocycles. The normalized spacial score (nSPS) is 10.8. The maximum absolute atomic E-state index is 13.8. The first-order chi connectivity index (χ1) is 9.16. The average molecular weight is 272 g/mol. The van der Waals surface area contributed by atoms with E-state index >= 15 is 0 Å². The van der Waals surface area contributed by atoms with Crippen molar-refractivity contribution in [3.8, 4) is 11.1 Å². The smallest absolute Gasteiger partial charge is 0.335 e. The van der Waals surface area contributed by atoms with Crippen LogP contribution in [0, 0.1) is 5.82 Å². The number of benzene rings is 2. The third-order valence-electron chi connectivity index (χ3n) is 2.98. The van der Waals surface area contributed by atoms with Crippen LogP contribution in [-0.4, -0.2) is 11.1 Å². The zero-order valence-corrected chi connectivity index (χ0v) is 10.6. The molecule has 0 saturated carbocycles. The van der Waals surface area contributed by atoms with Crippen LogP contribution in [0.1, 0.15) is 10.4 Å². The van der Waals surface area contributed by atoms with Crippen molar-refractivity contribution in [2.75, 3.05) is 0 Å². The molecule has 0 unspecified atom stereocenters. The van der Waals surface area contributed by atoms with Crippen molar-refractivity contribution in [2.45, 2.75) is 0 Å². The number of fused-ring (bicyclic) bond motifs is 1. The van der Waals surface area contributed by atoms with E-state index in [9.17, 15) is 9.18 Å². The number of rotatable bonds is 2. The van der Waals surface area contributed by atoms with E-state index < -0.39 is 5.97 Å². The predicted octanol–water partition coefficient (Wildman–Crippen LogP) is 4.41. The number of thiophene rings is 1. The van der Waals surface area contributed by atoms with Gasteiger partial charge in [0, 0.05) is 21.2 Å². The molecule has 19 heavy (non-hydrogen) atoms. The van der Waals surface area contributed by atoms with Crippen molar-refractivity contribution in [1.82, 2.24) is 0 Å². The summed E-state index contributed by atoms with van der Waals surface area (Å²) in [7, 11) is 0. The van der Waals surface area contributed by atoms with Crippen LogP contribution in [0.5, 0.6) is 0 Å². The Morgan fingerprint density at radius 3 is 2.63 bits per heavy atom. The number of carboxylic acids is 1. The van der Waals surface area contributed by atoms with E-state index in [0.717, 1.165) is 15.6 Å². The van der Waals surface area contributed by atoms with Gasteiger partial charge in [0.15, 0.2) is 0 Å². The number of halogens is 1. The Labute approximate surface area is 112 Å². The van der Waals surface area contributed by atoms with Gasteiger partial charge in [-0.15, -0.1) is 11.3 Å². The number of hydrogen-bond donors (Lipinski definition) is 1. The molecular weight excluding hydrogens is 263 g/mol. The average Bonchev–Trinajstić information content (AvgIpc) is 2.82. The van der Waals surface area contributed by atoms with Gasteiger partial charge in [0.05, 0.1) is 5.56 Å². The molecule has 0 fully saturated rings. The number of hydrogen-bond acceptors (Lipinski definition) is 2. The quantitative estimate of drug-likeness (QED) is 0.750. The van der Waals surface area contributed by atoms with Crippen molar-refractivity contribution in [1.29, 1.82) is 0 Å². The summed E-state index contributed by atoms with van der Waals surface area (Å²) in [5.74, 6) is -1.28. The Morgan fingerprint density at radius 1 is 1.11 bits per heavy atom. The van der Waals surface area contributed by atoms with E-state index in [1.165, 1.54) is 17.4 Å². The fraction of sp³-hybridized carbons (Fsp3) is 0. The first-order valence-electron chi connectivity index (χ1n) is 5.66. The molecular formula is C15H9FO2S. The first kappa shape index (κ1) is 11.9. The number of carboxylic acid groups (broad SMARTS) is 1. The van der Waals surface area contributed by atoms with Gasteiger partial charge in [-0.3, -0.25) is 0 Å². The maximum Gasteiger partial charge on any atom is 0.335 e. The molecule has 3 rings (SSSR count). The van der Waals surface area contributed by atoms with Crippen molar-refractivity contribution < 1.29 is 14.3 Å². The summed E-state index contributed by atoms with van der Waals surface area (Å²) < 4.78 is 14.8. The van der Waals surface area contributed by atoms with Gasteiger partial charge in [-0.25, -0.2) is 9.18 Å². The Morgan fingerprint density at radius 2 is 1.89 bits per heavy atom. The summed E-state index contributed by atoms with van der Waals surface area (Å²) in [6.07, 6.45) is 0. The lowest BCUT2D eigenvalue weighted by molar-refractivity contribution is 0.0697. The molecule has 3 aromatic rings. The van der Waals surface area contributed by atoms with Crippen molar-refractivity contribution in [2.24, 2.45) is 0 Å². The summed E-state index contributed by atoms with van der Waals surface area (Å²) >= 11 is 1.48. The fourth-order valence-electron chi connectivity index (χ4n) is 2.05. The van der Waals surface area contributed by atoms with Gasteiger partial charge in [0.1, 0.15) is 5.82 Å². The van der Waals surface area contributed by atoms with Gasteiger partial charge in [0.2, 0.25) is 0 Å². The lowest BCUT2D eigenvalue weighted by Gasteiger charge is -2.02. The van der Waals surface area contributed by atoms with Crippen LogP contribution in [0.25, 0.3) is 21.2 Å². The molecule has 2 aromatic carbocycles. The zero-order chi connectivity index (χ0) is 13.4. The highest BCUT2D eigenvalue weighted by atomic mass is 32.1. The standard InChI is InChI=1S/C15H9FO2S/c16-13-4-2-1-3-10(13)12-8-19-14-6-5-9(15(17)18)7-11(12)14/h1-8H,(H,17,18). The van der Waals surface area contributed by atoms with Crippen molar-refractivity contribution >= 4 is 27.4 Å². The van der Waals surface area contributed by atoms with E-state index in [-0.39, 0.29) is 11.4 Å². The predicted molar refractivity (Wildman–Crippen MR) is 74.2 cm³/mol. The summed E-state index contributed by atoms with van der Waals surface area (Å²) in [5, 5.41) is 11.7. The SMILES string of the molecule is O=C(O)c1ccc2scc(-c3ccccc3F)c2c1. The Bertz CT molecular complexity index is 777. The van der Waals surface area contributed by atoms with Crippen LogP contribution < -0.4 is 0 Å². The van der Waals surface area contributed by atoms with Crippen LogP contribution in [0.15, 0.2) is 47.8 Å². The summed E-state index contributed by atoms with van der Waals surface area (Å²) in [6, 6.07) is 11.4. The second-order valence-electron chi connectivity index (χ2n) is 4.15. The lowest BCUT2D eigenvalue weighted by Crippen LogP contribution is -1.94. The van der Waals surface area contributed by atoms with Crippen LogP contribution in [0.3, 0.4) is 0 Å². The molecule has 1 N–H and O–H groups in total. The molecule has 0 aliphatic carbocycles. The molecule has 94 valence electrons. The van der Waals surface area contributed by atoms with E-state index in [1.54, 1.807) is 36.4 Å². The monoisotopic (exact) mass is 272 g/mol. The molecule has 0 spiro atoms. The molecule has 4 heteroatoms. The van der Waals surface area contributed by atoms with Gasteiger partial charge in [-0.05, 0) is 29.6 Å². The Hall–Kier alpha value is -2.20. The summed E-state index contributed by atoms with van der Waals surface area (Å²) in [5.41, 5.74) is 1.45. The van der Waals surface area contributed by atoms with Gasteiger partial charge in [-0.2, -0.15) is 0 Å². The van der Waals surface area contributed by atoms with Gasteiger partial charge < -0.3 is 5.11 Å². The van der Waals surface area contributed by atoms with Gasteiger partial charge in [0.25, 0.3) is 0 Å². The molecule has 2 nitrogen and oxygen atoms in total. The van der Waals surface area contributed by atoms with E-state index in [0.29, 0.717) is 5.56 Å². The highest BCUT2D eigenvalue weighted by Crippen LogP contribution is 2.35. The minimum Gasteiger partial charge on any atom is -0.478 e. The largest absolute Gasteiger partial charge is 0.478 e. The fourth-order valence-corrected chi connectivity index (χ4v) is 2.99. The minimum absolute atomic E-state index is 0.212. The van der Waals surface area contributed by atoms with Crippen LogP contribution in [0.2, 0.25) is 0 Å². The van der Waals surface area contributed by atoms with E-state index in [2.05, 4.69) is 0 Å². The third-order valence-corrected chi connectivity index (χ3v) is 3.95. The minimum atomic E-state index is -0.979. The molecule has 0 bridgehead atoms. The molecule has 1 aromatic heterocycles. The Kier molecular flexibility index (Phi) is 2.80. The molecule has 0 radical (unpaired) electrons. The van der Waals surface area contributed by atoms with Crippen LogP contribution in [0.4, 0.5) is 4.39 Å². The van der Waals surface area contributed by atoms with Crippen molar-refractivity contribution in [3.05, 3.63) is 59.2 Å². The molecule has 0 aliphatic rings. The summed E-state index contributed by atoms with van der Waals surface area (Å²) in [4.78, 5) is 11.0. The molecule has 0 saturated heterocycles. The van der Waals surface area contributed by atoms with Crippen molar-refractivity contribution in [3.63, 3.8) is 0 Å². The lowest BCUT2D eigenvalue weighted by atomic mass is 10.0. The maximum atomic E-state index is 13.8. The van der Waals surface area contributed by atoms with Crippen LogP contribution >= 0.6 is 11.3 Å². The molecule has 0 atom stereocenters. The topological polar surface area (TPSA) is 37.3 Å². The van der Waals surface area contributed by atoms with Gasteiger partial charge >= 0.3 is 5.97 Å². The second kappa shape index (κ2) is 4.48. The van der Waals surface area contributed by atoms with E-state index in [1.807, 2.05) is 5.38 Å². The van der Waals surface area contributed by atoms with Crippen LogP contribution in [-0.2, 0) is 0 Å². The van der Waals surface area contributed by atoms with E-state index in [4.69, 9.17) is 5.11 Å². The highest BCUT2D eigenvalue weighted by molar-refractivity contribution is 7.17.